The predicted octanol–water partition coefficient (Wildman–Crippen LogP) is 0.824. The number of nitrogens with zero attached hydrogens (tertiary/aromatic N) is 2. The van der Waals surface area contributed by atoms with Crippen LogP contribution in [0.1, 0.15) is 23.1 Å². The molecule has 4 nitrogen and oxygen atoms in total. The minimum Gasteiger partial charge on any atom is -0.332 e. The molecule has 0 spiro atoms. The van der Waals surface area contributed by atoms with Gasteiger partial charge in [-0.2, -0.15) is 0 Å². The van der Waals surface area contributed by atoms with Gasteiger partial charge >= 0.3 is 0 Å². The van der Waals surface area contributed by atoms with Crippen LogP contribution in [0.3, 0.4) is 0 Å². The largest absolute Gasteiger partial charge is 0.332 e. The maximum Gasteiger partial charge on any atom is 0.272 e. The van der Waals surface area contributed by atoms with Crippen LogP contribution in [0.2, 0.25) is 0 Å². The van der Waals surface area contributed by atoms with Gasteiger partial charge in [-0.15, -0.1) is 0 Å². The van der Waals surface area contributed by atoms with Crippen molar-refractivity contribution >= 4 is 5.91 Å². The summed E-state index contributed by atoms with van der Waals surface area (Å²) in [6.45, 7) is 6.44. The van der Waals surface area contributed by atoms with Gasteiger partial charge in [0.15, 0.2) is 0 Å². The summed E-state index contributed by atoms with van der Waals surface area (Å²) in [5.41, 5.74) is 1.43. The van der Waals surface area contributed by atoms with E-state index in [9.17, 15) is 4.79 Å². The van der Waals surface area contributed by atoms with Crippen molar-refractivity contribution in [3.8, 4) is 0 Å². The van der Waals surface area contributed by atoms with Crippen molar-refractivity contribution < 1.29 is 4.79 Å². The Kier molecular flexibility index (Phi) is 3.19. The number of hydrogen-bond acceptors (Lipinski definition) is 3. The number of piperazine rings is 1. The predicted molar refractivity (Wildman–Crippen MR) is 62.3 cm³/mol. The number of aryl methyl sites for hydroxylation is 1. The zero-order valence-electron chi connectivity index (χ0n) is 9.73. The van der Waals surface area contributed by atoms with Gasteiger partial charge in [-0.25, -0.2) is 4.98 Å². The van der Waals surface area contributed by atoms with E-state index in [0.717, 1.165) is 25.3 Å². The van der Waals surface area contributed by atoms with E-state index in [-0.39, 0.29) is 11.9 Å². The van der Waals surface area contributed by atoms with Gasteiger partial charge in [-0.3, -0.25) is 4.79 Å². The lowest BCUT2D eigenvalue weighted by atomic mass is 10.2. The topological polar surface area (TPSA) is 45.2 Å². The van der Waals surface area contributed by atoms with Crippen LogP contribution in [0.25, 0.3) is 0 Å². The quantitative estimate of drug-likeness (QED) is 0.760. The molecule has 0 saturated carbocycles. The van der Waals surface area contributed by atoms with Crippen LogP contribution in [0.15, 0.2) is 18.2 Å². The molecule has 4 heteroatoms. The van der Waals surface area contributed by atoms with Crippen molar-refractivity contribution in [1.82, 2.24) is 15.2 Å². The van der Waals surface area contributed by atoms with Crippen LogP contribution in [0.4, 0.5) is 0 Å². The van der Waals surface area contributed by atoms with Gasteiger partial charge in [0.2, 0.25) is 0 Å². The SMILES string of the molecule is Cc1cccc(C(=O)N2CCNCC2C)n1. The molecule has 0 radical (unpaired) electrons. The lowest BCUT2D eigenvalue weighted by Crippen LogP contribution is -2.52. The Balaban J connectivity index is 2.17. The molecular weight excluding hydrogens is 202 g/mol. The molecule has 1 aliphatic rings. The normalized spacial score (nSPS) is 20.9. The molecule has 1 aliphatic heterocycles. The molecule has 86 valence electrons. The third-order valence-electron chi connectivity index (χ3n) is 2.87. The van der Waals surface area contributed by atoms with E-state index in [2.05, 4.69) is 17.2 Å². The van der Waals surface area contributed by atoms with Gasteiger partial charge in [0, 0.05) is 31.4 Å². The highest BCUT2D eigenvalue weighted by atomic mass is 16.2. The van der Waals surface area contributed by atoms with Crippen molar-refractivity contribution in [2.75, 3.05) is 19.6 Å². The summed E-state index contributed by atoms with van der Waals surface area (Å²) < 4.78 is 0. The van der Waals surface area contributed by atoms with E-state index in [4.69, 9.17) is 0 Å². The second-order valence-corrected chi connectivity index (χ2v) is 4.22. The number of carbonyl (C=O) groups is 1. The minimum absolute atomic E-state index is 0.0395. The molecule has 2 heterocycles. The molecular formula is C12H17N3O. The maximum absolute atomic E-state index is 12.2. The number of aromatic nitrogens is 1. The van der Waals surface area contributed by atoms with Gasteiger partial charge < -0.3 is 10.2 Å². The summed E-state index contributed by atoms with van der Waals surface area (Å²) >= 11 is 0. The molecule has 1 aromatic heterocycles. The average molecular weight is 219 g/mol. The summed E-state index contributed by atoms with van der Waals surface area (Å²) in [5, 5.41) is 3.27. The summed E-state index contributed by atoms with van der Waals surface area (Å²) in [5.74, 6) is 0.0395. The van der Waals surface area contributed by atoms with E-state index in [0.29, 0.717) is 5.69 Å². The number of pyridine rings is 1. The first kappa shape index (κ1) is 11.1. The molecule has 1 fully saturated rings. The Labute approximate surface area is 95.7 Å². The maximum atomic E-state index is 12.2. The monoisotopic (exact) mass is 219 g/mol. The van der Waals surface area contributed by atoms with Gasteiger partial charge in [-0.1, -0.05) is 6.07 Å². The van der Waals surface area contributed by atoms with Crippen LogP contribution >= 0.6 is 0 Å². The van der Waals surface area contributed by atoms with E-state index in [1.807, 2.05) is 24.0 Å². The third kappa shape index (κ3) is 2.22. The first-order valence-corrected chi connectivity index (χ1v) is 5.64. The smallest absolute Gasteiger partial charge is 0.272 e. The molecule has 1 unspecified atom stereocenters. The van der Waals surface area contributed by atoms with E-state index < -0.39 is 0 Å². The minimum atomic E-state index is 0.0395. The van der Waals surface area contributed by atoms with Crippen LogP contribution in [0.5, 0.6) is 0 Å². The van der Waals surface area contributed by atoms with Crippen molar-refractivity contribution in [3.05, 3.63) is 29.6 Å². The molecule has 1 N–H and O–H groups in total. The van der Waals surface area contributed by atoms with Gasteiger partial charge in [-0.05, 0) is 26.0 Å². The first-order chi connectivity index (χ1) is 7.68. The molecule has 1 amide bonds. The molecule has 1 aromatic rings. The summed E-state index contributed by atoms with van der Waals surface area (Å²) in [7, 11) is 0. The van der Waals surface area contributed by atoms with Crippen LogP contribution in [-0.4, -0.2) is 41.5 Å². The second-order valence-electron chi connectivity index (χ2n) is 4.22. The molecule has 0 aliphatic carbocycles. The Morgan fingerprint density at radius 3 is 3.06 bits per heavy atom. The van der Waals surface area contributed by atoms with Crippen molar-refractivity contribution in [2.45, 2.75) is 19.9 Å². The standard InChI is InChI=1S/C12H17N3O/c1-9-4-3-5-11(14-9)12(16)15-7-6-13-8-10(15)2/h3-5,10,13H,6-8H2,1-2H3. The lowest BCUT2D eigenvalue weighted by Gasteiger charge is -2.33. The highest BCUT2D eigenvalue weighted by Gasteiger charge is 2.24. The van der Waals surface area contributed by atoms with Gasteiger partial charge in [0.25, 0.3) is 5.91 Å². The average Bonchev–Trinajstić information content (AvgIpc) is 2.29. The Morgan fingerprint density at radius 2 is 2.38 bits per heavy atom. The third-order valence-corrected chi connectivity index (χ3v) is 2.87. The molecule has 16 heavy (non-hydrogen) atoms. The summed E-state index contributed by atoms with van der Waals surface area (Å²) in [4.78, 5) is 18.4. The van der Waals surface area contributed by atoms with E-state index >= 15 is 0 Å². The Morgan fingerprint density at radius 1 is 1.56 bits per heavy atom. The van der Waals surface area contributed by atoms with E-state index in [1.165, 1.54) is 0 Å². The Bertz CT molecular complexity index is 392. The molecule has 0 aromatic carbocycles. The summed E-state index contributed by atoms with van der Waals surface area (Å²) in [6, 6.07) is 5.80. The number of amides is 1. The molecule has 1 saturated heterocycles. The van der Waals surface area contributed by atoms with E-state index in [1.54, 1.807) is 6.07 Å². The van der Waals surface area contributed by atoms with Crippen molar-refractivity contribution in [1.29, 1.82) is 0 Å². The zero-order chi connectivity index (χ0) is 11.5. The first-order valence-electron chi connectivity index (χ1n) is 5.64. The fourth-order valence-corrected chi connectivity index (χ4v) is 1.95. The lowest BCUT2D eigenvalue weighted by molar-refractivity contribution is 0.0649. The zero-order valence-corrected chi connectivity index (χ0v) is 9.73. The number of rotatable bonds is 1. The second kappa shape index (κ2) is 4.61. The van der Waals surface area contributed by atoms with Gasteiger partial charge in [0.1, 0.15) is 5.69 Å². The molecule has 2 rings (SSSR count). The molecule has 0 bridgehead atoms. The van der Waals surface area contributed by atoms with Crippen molar-refractivity contribution in [3.63, 3.8) is 0 Å². The number of hydrogen-bond donors (Lipinski definition) is 1. The fourth-order valence-electron chi connectivity index (χ4n) is 1.95. The molecule has 1 atom stereocenters. The van der Waals surface area contributed by atoms with Crippen LogP contribution < -0.4 is 5.32 Å². The number of nitrogens with one attached hydrogen (secondary N) is 1. The highest BCUT2D eigenvalue weighted by Crippen LogP contribution is 2.09. The number of carbonyl (C=O) groups excluding carboxylic acids is 1. The van der Waals surface area contributed by atoms with Crippen molar-refractivity contribution in [2.24, 2.45) is 0 Å². The van der Waals surface area contributed by atoms with Crippen LogP contribution in [0, 0.1) is 6.92 Å². The van der Waals surface area contributed by atoms with Crippen LogP contribution in [-0.2, 0) is 0 Å². The Hall–Kier alpha value is -1.42. The van der Waals surface area contributed by atoms with Gasteiger partial charge in [0.05, 0.1) is 0 Å². The highest BCUT2D eigenvalue weighted by molar-refractivity contribution is 5.92. The summed E-state index contributed by atoms with van der Waals surface area (Å²) in [6.07, 6.45) is 0. The fraction of sp³-hybridized carbons (Fsp3) is 0.500.